The van der Waals surface area contributed by atoms with E-state index in [0.717, 1.165) is 0 Å². The minimum absolute atomic E-state index is 0.541. The van der Waals surface area contributed by atoms with Gasteiger partial charge in [0.25, 0.3) is 0 Å². The van der Waals surface area contributed by atoms with Crippen molar-refractivity contribution < 1.29 is 0 Å². The minimum Gasteiger partial charge on any atom is -0.0895 e. The van der Waals surface area contributed by atoms with Gasteiger partial charge in [0.1, 0.15) is 0 Å². The van der Waals surface area contributed by atoms with E-state index < -0.39 is 0 Å². The van der Waals surface area contributed by atoms with E-state index in [1.165, 1.54) is 32.0 Å². The van der Waals surface area contributed by atoms with Crippen molar-refractivity contribution in [3.63, 3.8) is 0 Å². The summed E-state index contributed by atoms with van der Waals surface area (Å²) in [6.45, 7) is 18.3. The molecule has 0 spiro atoms. The number of hydrogen-bond donors (Lipinski definition) is 0. The fourth-order valence-corrected chi connectivity index (χ4v) is 4.54. The van der Waals surface area contributed by atoms with Gasteiger partial charge in [0.15, 0.2) is 0 Å². The second-order valence-corrected chi connectivity index (χ2v) is 9.40. The molecular weight excluding hydrogens is 320 g/mol. The van der Waals surface area contributed by atoms with Gasteiger partial charge in [0.05, 0.1) is 0 Å². The summed E-state index contributed by atoms with van der Waals surface area (Å²) in [5.74, 6) is 2.21. The standard InChI is InChI=1S/C24H34S/c1-15(2)19-9-11-21(17(5)6)23(13-19)25-24-14-20(16(3)4)10-12-22(24)18(7)8/h9-18H,1-8H3. The Bertz CT molecular complexity index is 647. The molecule has 0 N–H and O–H groups in total. The normalized spacial score (nSPS) is 12.0. The van der Waals surface area contributed by atoms with E-state index in [1.807, 2.05) is 11.8 Å². The Labute approximate surface area is 159 Å². The van der Waals surface area contributed by atoms with Gasteiger partial charge in [-0.1, -0.05) is 91.4 Å². The molecule has 0 aliphatic rings. The summed E-state index contributed by atoms with van der Waals surface area (Å²) in [6.07, 6.45) is 0. The number of benzene rings is 2. The number of rotatable bonds is 6. The van der Waals surface area contributed by atoms with E-state index in [2.05, 4.69) is 91.8 Å². The van der Waals surface area contributed by atoms with E-state index in [4.69, 9.17) is 0 Å². The van der Waals surface area contributed by atoms with Gasteiger partial charge in [-0.15, -0.1) is 0 Å². The molecule has 0 heterocycles. The summed E-state index contributed by atoms with van der Waals surface area (Å²) < 4.78 is 0. The van der Waals surface area contributed by atoms with Crippen LogP contribution >= 0.6 is 11.8 Å². The molecule has 25 heavy (non-hydrogen) atoms. The summed E-state index contributed by atoms with van der Waals surface area (Å²) in [5.41, 5.74) is 5.77. The summed E-state index contributed by atoms with van der Waals surface area (Å²) in [5, 5.41) is 0. The van der Waals surface area contributed by atoms with Crippen molar-refractivity contribution in [2.24, 2.45) is 0 Å². The Morgan fingerprint density at radius 1 is 0.520 bits per heavy atom. The van der Waals surface area contributed by atoms with Crippen molar-refractivity contribution >= 4 is 11.8 Å². The van der Waals surface area contributed by atoms with Crippen LogP contribution < -0.4 is 0 Å². The van der Waals surface area contributed by atoms with Gasteiger partial charge in [-0.3, -0.25) is 0 Å². The highest BCUT2D eigenvalue weighted by molar-refractivity contribution is 7.99. The van der Waals surface area contributed by atoms with Crippen LogP contribution in [0, 0.1) is 0 Å². The lowest BCUT2D eigenvalue weighted by molar-refractivity contribution is 0.815. The highest BCUT2D eigenvalue weighted by atomic mass is 32.2. The predicted octanol–water partition coefficient (Wildman–Crippen LogP) is 8.33. The zero-order chi connectivity index (χ0) is 18.7. The SMILES string of the molecule is CC(C)c1ccc(C(C)C)c(Sc2cc(C(C)C)ccc2C(C)C)c1. The monoisotopic (exact) mass is 354 g/mol. The summed E-state index contributed by atoms with van der Waals surface area (Å²) in [7, 11) is 0. The fourth-order valence-electron chi connectivity index (χ4n) is 3.07. The first-order valence-electron chi connectivity index (χ1n) is 9.66. The van der Waals surface area contributed by atoms with E-state index in [0.29, 0.717) is 23.7 Å². The fraction of sp³-hybridized carbons (Fsp3) is 0.500. The minimum atomic E-state index is 0.541. The predicted molar refractivity (Wildman–Crippen MR) is 113 cm³/mol. The Kier molecular flexibility index (Phi) is 6.79. The molecule has 0 radical (unpaired) electrons. The zero-order valence-electron chi connectivity index (χ0n) is 17.2. The van der Waals surface area contributed by atoms with Gasteiger partial charge in [-0.25, -0.2) is 0 Å². The highest BCUT2D eigenvalue weighted by Gasteiger charge is 2.15. The first-order valence-corrected chi connectivity index (χ1v) is 10.5. The molecular formula is C24H34S. The average Bonchev–Trinajstić information content (AvgIpc) is 2.54. The molecule has 2 rings (SSSR count). The van der Waals surface area contributed by atoms with Crippen molar-refractivity contribution in [3.8, 4) is 0 Å². The summed E-state index contributed by atoms with van der Waals surface area (Å²) >= 11 is 1.96. The molecule has 0 fully saturated rings. The van der Waals surface area contributed by atoms with Crippen LogP contribution in [0.15, 0.2) is 46.2 Å². The maximum absolute atomic E-state index is 2.41. The van der Waals surface area contributed by atoms with Crippen LogP contribution in [0.4, 0.5) is 0 Å². The van der Waals surface area contributed by atoms with Crippen molar-refractivity contribution in [3.05, 3.63) is 58.7 Å². The van der Waals surface area contributed by atoms with Gasteiger partial charge >= 0.3 is 0 Å². The van der Waals surface area contributed by atoms with Gasteiger partial charge in [0, 0.05) is 9.79 Å². The van der Waals surface area contributed by atoms with E-state index in [9.17, 15) is 0 Å². The Balaban J connectivity index is 2.54. The molecule has 0 aromatic heterocycles. The van der Waals surface area contributed by atoms with Crippen LogP contribution in [0.25, 0.3) is 0 Å². The van der Waals surface area contributed by atoms with E-state index in [1.54, 1.807) is 0 Å². The van der Waals surface area contributed by atoms with Crippen molar-refractivity contribution in [2.75, 3.05) is 0 Å². The zero-order valence-corrected chi connectivity index (χ0v) is 18.0. The smallest absolute Gasteiger partial charge is 0.0159 e. The molecule has 0 nitrogen and oxygen atoms in total. The van der Waals surface area contributed by atoms with Crippen LogP contribution in [0.2, 0.25) is 0 Å². The van der Waals surface area contributed by atoms with Crippen LogP contribution in [-0.4, -0.2) is 0 Å². The molecule has 1 heteroatoms. The lowest BCUT2D eigenvalue weighted by Gasteiger charge is -2.19. The molecule has 2 aromatic rings. The average molecular weight is 355 g/mol. The molecule has 0 aliphatic heterocycles. The molecule has 136 valence electrons. The maximum Gasteiger partial charge on any atom is 0.0159 e. The summed E-state index contributed by atoms with van der Waals surface area (Å²) in [6, 6.07) is 14.1. The summed E-state index contributed by atoms with van der Waals surface area (Å²) in [4.78, 5) is 2.84. The molecule has 0 atom stereocenters. The quantitative estimate of drug-likeness (QED) is 0.502. The maximum atomic E-state index is 2.41. The van der Waals surface area contributed by atoms with E-state index in [-0.39, 0.29) is 0 Å². The molecule has 0 amide bonds. The molecule has 0 saturated carbocycles. The van der Waals surface area contributed by atoms with Crippen molar-refractivity contribution in [1.82, 2.24) is 0 Å². The topological polar surface area (TPSA) is 0 Å². The van der Waals surface area contributed by atoms with Crippen LogP contribution in [-0.2, 0) is 0 Å². The number of hydrogen-bond acceptors (Lipinski definition) is 1. The second-order valence-electron chi connectivity index (χ2n) is 8.32. The molecule has 0 saturated heterocycles. The third kappa shape index (κ3) is 4.91. The van der Waals surface area contributed by atoms with E-state index >= 15 is 0 Å². The van der Waals surface area contributed by atoms with Crippen LogP contribution in [0.3, 0.4) is 0 Å². The second kappa shape index (κ2) is 8.45. The van der Waals surface area contributed by atoms with Crippen LogP contribution in [0.1, 0.15) is 101 Å². The largest absolute Gasteiger partial charge is 0.0895 e. The van der Waals surface area contributed by atoms with Crippen LogP contribution in [0.5, 0.6) is 0 Å². The lowest BCUT2D eigenvalue weighted by Crippen LogP contribution is -1.98. The third-order valence-corrected chi connectivity index (χ3v) is 6.02. The highest BCUT2D eigenvalue weighted by Crippen LogP contribution is 2.40. The third-order valence-electron chi connectivity index (χ3n) is 4.87. The van der Waals surface area contributed by atoms with Gasteiger partial charge in [-0.05, 0) is 58.1 Å². The van der Waals surface area contributed by atoms with Gasteiger partial charge in [0.2, 0.25) is 0 Å². The molecule has 0 unspecified atom stereocenters. The Morgan fingerprint density at radius 2 is 0.880 bits per heavy atom. The van der Waals surface area contributed by atoms with Gasteiger partial charge < -0.3 is 0 Å². The molecule has 0 aliphatic carbocycles. The van der Waals surface area contributed by atoms with Crippen molar-refractivity contribution in [2.45, 2.75) is 88.9 Å². The molecule has 0 bridgehead atoms. The molecule has 2 aromatic carbocycles. The lowest BCUT2D eigenvalue weighted by atomic mass is 9.97. The first-order chi connectivity index (χ1) is 11.7. The Morgan fingerprint density at radius 3 is 1.16 bits per heavy atom. The Hall–Kier alpha value is -1.21. The van der Waals surface area contributed by atoms with Gasteiger partial charge in [-0.2, -0.15) is 0 Å². The van der Waals surface area contributed by atoms with Crippen molar-refractivity contribution in [1.29, 1.82) is 0 Å². The first kappa shape index (κ1) is 20.1.